The molecule has 2 aromatic rings. The summed E-state index contributed by atoms with van der Waals surface area (Å²) < 4.78 is 5.25. The number of hydrogen-bond acceptors (Lipinski definition) is 5. The highest BCUT2D eigenvalue weighted by Gasteiger charge is 2.39. The number of pyridine rings is 1. The Morgan fingerprint density at radius 1 is 1.33 bits per heavy atom. The van der Waals surface area contributed by atoms with Gasteiger partial charge in [0.05, 0.1) is 16.6 Å². The summed E-state index contributed by atoms with van der Waals surface area (Å²) in [6.07, 6.45) is 1.66. The molecule has 0 spiro atoms. The number of carbonyl (C=O) groups is 2. The maximum absolute atomic E-state index is 13.2. The highest BCUT2D eigenvalue weighted by Crippen LogP contribution is 2.33. The molecule has 0 saturated heterocycles. The molecule has 1 aliphatic rings. The number of rotatable bonds is 5. The number of aliphatic carboxylic acids is 1. The molecule has 1 atom stereocenters. The lowest BCUT2D eigenvalue weighted by molar-refractivity contribution is -0.141. The molecule has 0 aliphatic heterocycles. The van der Waals surface area contributed by atoms with Crippen molar-refractivity contribution in [1.82, 2.24) is 15.0 Å². The maximum atomic E-state index is 13.2. The lowest BCUT2D eigenvalue weighted by Gasteiger charge is -2.27. The number of carbonyl (C=O) groups excluding carboxylic acids is 1. The second kappa shape index (κ2) is 5.89. The Bertz CT molecular complexity index is 808. The van der Waals surface area contributed by atoms with Gasteiger partial charge in [0, 0.05) is 11.7 Å². The molecule has 3 rings (SSSR count). The molecule has 1 unspecified atom stereocenters. The lowest BCUT2D eigenvalue weighted by Crippen LogP contribution is -2.44. The molecule has 128 valence electrons. The van der Waals surface area contributed by atoms with Gasteiger partial charge < -0.3 is 14.5 Å². The third-order valence-electron chi connectivity index (χ3n) is 4.41. The molecule has 0 radical (unpaired) electrons. The van der Waals surface area contributed by atoms with Crippen molar-refractivity contribution in [2.24, 2.45) is 0 Å². The van der Waals surface area contributed by atoms with Crippen LogP contribution in [-0.4, -0.2) is 44.1 Å². The van der Waals surface area contributed by atoms with Crippen molar-refractivity contribution in [3.8, 4) is 0 Å². The number of nitrogens with zero attached hydrogens (tertiary/aromatic N) is 3. The van der Waals surface area contributed by atoms with E-state index in [1.165, 1.54) is 4.90 Å². The third kappa shape index (κ3) is 2.74. The monoisotopic (exact) mass is 331 g/mol. The van der Waals surface area contributed by atoms with Crippen molar-refractivity contribution in [3.05, 3.63) is 23.0 Å². The normalized spacial score (nSPS) is 15.7. The molecular weight excluding hydrogens is 310 g/mol. The Morgan fingerprint density at radius 2 is 2.00 bits per heavy atom. The van der Waals surface area contributed by atoms with Crippen molar-refractivity contribution in [2.45, 2.75) is 58.5 Å². The van der Waals surface area contributed by atoms with Gasteiger partial charge in [-0.1, -0.05) is 19.0 Å². The summed E-state index contributed by atoms with van der Waals surface area (Å²) in [4.78, 5) is 30.5. The predicted octanol–water partition coefficient (Wildman–Crippen LogP) is 2.73. The van der Waals surface area contributed by atoms with Crippen LogP contribution < -0.4 is 0 Å². The van der Waals surface area contributed by atoms with E-state index in [0.29, 0.717) is 22.4 Å². The smallest absolute Gasteiger partial charge is 0.326 e. The molecule has 24 heavy (non-hydrogen) atoms. The van der Waals surface area contributed by atoms with E-state index in [1.54, 1.807) is 19.9 Å². The standard InChI is InChI=1S/C17H21N3O4/c1-8(2)13-7-12(14-9(3)19-24-15(14)18-13)16(21)20(11-5-6-11)10(4)17(22)23/h7-8,10-11H,5-6H2,1-4H3,(H,22,23). The van der Waals surface area contributed by atoms with Gasteiger partial charge in [0.1, 0.15) is 6.04 Å². The number of aryl methyl sites for hydroxylation is 1. The highest BCUT2D eigenvalue weighted by molar-refractivity contribution is 6.07. The topological polar surface area (TPSA) is 96.5 Å². The summed E-state index contributed by atoms with van der Waals surface area (Å²) in [5, 5.41) is 13.8. The van der Waals surface area contributed by atoms with Gasteiger partial charge in [-0.25, -0.2) is 9.78 Å². The molecule has 1 saturated carbocycles. The van der Waals surface area contributed by atoms with Crippen LogP contribution in [0.25, 0.3) is 11.1 Å². The fourth-order valence-corrected chi connectivity index (χ4v) is 2.85. The van der Waals surface area contributed by atoms with Crippen molar-refractivity contribution in [2.75, 3.05) is 0 Å². The van der Waals surface area contributed by atoms with Gasteiger partial charge >= 0.3 is 5.97 Å². The first-order valence-corrected chi connectivity index (χ1v) is 8.13. The SMILES string of the molecule is Cc1noc2nc(C(C)C)cc(C(=O)N(C3CC3)C(C)C(=O)O)c12. The summed E-state index contributed by atoms with van der Waals surface area (Å²) in [5.74, 6) is -1.20. The van der Waals surface area contributed by atoms with E-state index in [1.807, 2.05) is 13.8 Å². The molecule has 0 bridgehead atoms. The van der Waals surface area contributed by atoms with Crippen LogP contribution in [0, 0.1) is 6.92 Å². The number of carboxylic acid groups (broad SMARTS) is 1. The lowest BCUT2D eigenvalue weighted by atomic mass is 10.0. The molecule has 1 amide bonds. The van der Waals surface area contributed by atoms with Crippen LogP contribution in [0.1, 0.15) is 61.3 Å². The molecule has 1 aliphatic carbocycles. The van der Waals surface area contributed by atoms with E-state index < -0.39 is 12.0 Å². The van der Waals surface area contributed by atoms with Gasteiger partial charge in [-0.2, -0.15) is 0 Å². The van der Waals surface area contributed by atoms with E-state index in [-0.39, 0.29) is 17.9 Å². The Labute approximate surface area is 139 Å². The van der Waals surface area contributed by atoms with Gasteiger partial charge in [0.15, 0.2) is 0 Å². The molecule has 0 aromatic carbocycles. The van der Waals surface area contributed by atoms with Crippen LogP contribution in [0.3, 0.4) is 0 Å². The minimum atomic E-state index is -1.01. The number of carboxylic acids is 1. The molecule has 2 heterocycles. The summed E-state index contributed by atoms with van der Waals surface area (Å²) in [5.41, 5.74) is 2.04. The zero-order valence-electron chi connectivity index (χ0n) is 14.2. The van der Waals surface area contributed by atoms with Gasteiger partial charge in [0.25, 0.3) is 11.6 Å². The number of amides is 1. The zero-order chi connectivity index (χ0) is 17.6. The first-order chi connectivity index (χ1) is 11.3. The first kappa shape index (κ1) is 16.4. The second-order valence-corrected chi connectivity index (χ2v) is 6.66. The van der Waals surface area contributed by atoms with Crippen LogP contribution in [0.2, 0.25) is 0 Å². The van der Waals surface area contributed by atoms with E-state index >= 15 is 0 Å². The number of fused-ring (bicyclic) bond motifs is 1. The molecule has 7 heteroatoms. The van der Waals surface area contributed by atoms with Crippen molar-refractivity contribution in [1.29, 1.82) is 0 Å². The maximum Gasteiger partial charge on any atom is 0.326 e. The largest absolute Gasteiger partial charge is 0.480 e. The Balaban J connectivity index is 2.14. The highest BCUT2D eigenvalue weighted by atomic mass is 16.5. The Kier molecular flexibility index (Phi) is 4.03. The van der Waals surface area contributed by atoms with E-state index in [9.17, 15) is 14.7 Å². The van der Waals surface area contributed by atoms with Gasteiger partial charge in [-0.15, -0.1) is 0 Å². The second-order valence-electron chi connectivity index (χ2n) is 6.66. The average Bonchev–Trinajstić information content (AvgIpc) is 3.29. The Hall–Kier alpha value is -2.44. The summed E-state index contributed by atoms with van der Waals surface area (Å²) in [6.45, 7) is 7.25. The number of aromatic nitrogens is 2. The molecule has 2 aromatic heterocycles. The molecular formula is C17H21N3O4. The summed E-state index contributed by atoms with van der Waals surface area (Å²) in [7, 11) is 0. The fraction of sp³-hybridized carbons (Fsp3) is 0.529. The molecule has 1 fully saturated rings. The predicted molar refractivity (Wildman–Crippen MR) is 86.9 cm³/mol. The van der Waals surface area contributed by atoms with Crippen LogP contribution >= 0.6 is 0 Å². The minimum absolute atomic E-state index is 0.0190. The quantitative estimate of drug-likeness (QED) is 0.905. The fourth-order valence-electron chi connectivity index (χ4n) is 2.85. The van der Waals surface area contributed by atoms with E-state index in [4.69, 9.17) is 4.52 Å². The minimum Gasteiger partial charge on any atom is -0.480 e. The van der Waals surface area contributed by atoms with Crippen LogP contribution in [0.15, 0.2) is 10.6 Å². The Morgan fingerprint density at radius 3 is 2.54 bits per heavy atom. The van der Waals surface area contributed by atoms with Crippen molar-refractivity contribution in [3.63, 3.8) is 0 Å². The average molecular weight is 331 g/mol. The van der Waals surface area contributed by atoms with Crippen molar-refractivity contribution < 1.29 is 19.2 Å². The van der Waals surface area contributed by atoms with Crippen molar-refractivity contribution >= 4 is 23.0 Å². The van der Waals surface area contributed by atoms with E-state index in [2.05, 4.69) is 10.1 Å². The van der Waals surface area contributed by atoms with Gasteiger partial charge in [-0.05, 0) is 38.7 Å². The molecule has 7 nitrogen and oxygen atoms in total. The third-order valence-corrected chi connectivity index (χ3v) is 4.41. The summed E-state index contributed by atoms with van der Waals surface area (Å²) in [6, 6.07) is 0.842. The van der Waals surface area contributed by atoms with Gasteiger partial charge in [-0.3, -0.25) is 4.79 Å². The van der Waals surface area contributed by atoms with Crippen LogP contribution in [-0.2, 0) is 4.79 Å². The van der Waals surface area contributed by atoms with Gasteiger partial charge in [0.2, 0.25) is 0 Å². The number of hydrogen-bond donors (Lipinski definition) is 1. The first-order valence-electron chi connectivity index (χ1n) is 8.13. The zero-order valence-corrected chi connectivity index (χ0v) is 14.2. The summed E-state index contributed by atoms with van der Waals surface area (Å²) >= 11 is 0. The molecule has 1 N–H and O–H groups in total. The van der Waals surface area contributed by atoms with Crippen LogP contribution in [0.4, 0.5) is 0 Å². The van der Waals surface area contributed by atoms with Crippen LogP contribution in [0.5, 0.6) is 0 Å². The van der Waals surface area contributed by atoms with E-state index in [0.717, 1.165) is 18.5 Å².